The molecule has 0 amide bonds. The van der Waals surface area contributed by atoms with Gasteiger partial charge in [-0.1, -0.05) is 0 Å². The summed E-state index contributed by atoms with van der Waals surface area (Å²) in [7, 11) is -4.37. The van der Waals surface area contributed by atoms with E-state index in [0.717, 1.165) is 6.07 Å². The number of hydrogen-bond donors (Lipinski definition) is 3. The average molecular weight is 388 g/mol. The van der Waals surface area contributed by atoms with E-state index >= 15 is 0 Å². The minimum Gasteiger partial charge on any atom is -0.455 e. The molecule has 144 valence electrons. The van der Waals surface area contributed by atoms with Crippen molar-refractivity contribution in [2.24, 2.45) is 0 Å². The van der Waals surface area contributed by atoms with Crippen molar-refractivity contribution in [3.8, 4) is 0 Å². The molecule has 1 aliphatic rings. The molecule has 0 aromatic carbocycles. The molecule has 1 aliphatic heterocycles. The third kappa shape index (κ3) is 4.17. The van der Waals surface area contributed by atoms with Gasteiger partial charge < -0.3 is 24.5 Å². The van der Waals surface area contributed by atoms with Crippen molar-refractivity contribution in [1.82, 2.24) is 0 Å². The molecule has 5 atom stereocenters. The molecule has 11 heteroatoms. The largest absolute Gasteiger partial charge is 0.455 e. The highest BCUT2D eigenvalue weighted by Crippen LogP contribution is 2.37. The van der Waals surface area contributed by atoms with E-state index < -0.39 is 62.9 Å². The number of halogens is 3. The average Bonchev–Trinajstić information content (AvgIpc) is 2.90. The van der Waals surface area contributed by atoms with Gasteiger partial charge in [0.05, 0.1) is 18.0 Å². The van der Waals surface area contributed by atoms with Crippen molar-refractivity contribution < 1.29 is 46.1 Å². The van der Waals surface area contributed by atoms with Crippen LogP contribution < -0.4 is 0 Å². The molecule has 0 bridgehead atoms. The first-order chi connectivity index (χ1) is 11.3. The zero-order valence-electron chi connectivity index (χ0n) is 13.4. The van der Waals surface area contributed by atoms with Gasteiger partial charge in [0, 0.05) is 0 Å². The van der Waals surface area contributed by atoms with Gasteiger partial charge in [-0.2, -0.15) is 13.2 Å². The Labute approximate surface area is 141 Å². The molecule has 0 spiro atoms. The minimum atomic E-state index is -4.97. The van der Waals surface area contributed by atoms with Crippen LogP contribution in [0.5, 0.6) is 0 Å². The van der Waals surface area contributed by atoms with Crippen molar-refractivity contribution in [1.29, 1.82) is 0 Å². The zero-order valence-corrected chi connectivity index (χ0v) is 14.2. The van der Waals surface area contributed by atoms with E-state index in [0.29, 0.717) is 0 Å². The van der Waals surface area contributed by atoms with Gasteiger partial charge in [0.25, 0.3) is 0 Å². The van der Waals surface area contributed by atoms with Crippen LogP contribution in [0.25, 0.3) is 0 Å². The van der Waals surface area contributed by atoms with Gasteiger partial charge in [-0.15, -0.1) is 0 Å². The fourth-order valence-corrected chi connectivity index (χ4v) is 4.22. The smallest absolute Gasteiger partial charge is 0.450 e. The van der Waals surface area contributed by atoms with Crippen LogP contribution in [0, 0.1) is 6.92 Å². The van der Waals surface area contributed by atoms with Gasteiger partial charge in [0.1, 0.15) is 29.0 Å². The second kappa shape index (κ2) is 6.88. The summed E-state index contributed by atoms with van der Waals surface area (Å²) in [6.07, 6.45) is -11.8. The molecular formula is C14H19F3O7S. The maximum Gasteiger partial charge on any atom is 0.450 e. The third-order valence-corrected chi connectivity index (χ3v) is 5.78. The van der Waals surface area contributed by atoms with Gasteiger partial charge in [-0.05, 0) is 26.3 Å². The highest BCUT2D eigenvalue weighted by atomic mass is 32.2. The van der Waals surface area contributed by atoms with Gasteiger partial charge in [0.15, 0.2) is 9.84 Å². The first-order valence-corrected chi connectivity index (χ1v) is 9.10. The number of alkyl halides is 3. The SMILES string of the molecule is Cc1cc(S(=O)(=O)CC[C@H]2OC(C)[C@@H](O)[C@H](O)C2O)c(C(F)(F)F)o1. The Hall–Kier alpha value is -1.14. The first-order valence-electron chi connectivity index (χ1n) is 7.44. The highest BCUT2D eigenvalue weighted by Gasteiger charge is 2.44. The number of aliphatic hydroxyl groups is 3. The van der Waals surface area contributed by atoms with Crippen LogP contribution in [0.4, 0.5) is 13.2 Å². The number of ether oxygens (including phenoxy) is 1. The number of aryl methyl sites for hydroxylation is 1. The lowest BCUT2D eigenvalue weighted by atomic mass is 9.94. The Morgan fingerprint density at radius 1 is 1.16 bits per heavy atom. The fraction of sp³-hybridized carbons (Fsp3) is 0.714. The summed E-state index contributed by atoms with van der Waals surface area (Å²) in [6.45, 7) is 2.62. The molecule has 0 radical (unpaired) electrons. The van der Waals surface area contributed by atoms with E-state index in [1.807, 2.05) is 0 Å². The molecule has 1 fully saturated rings. The van der Waals surface area contributed by atoms with Crippen LogP contribution in [-0.4, -0.2) is 60.0 Å². The molecule has 7 nitrogen and oxygen atoms in total. The van der Waals surface area contributed by atoms with Crippen LogP contribution in [0.3, 0.4) is 0 Å². The Morgan fingerprint density at radius 3 is 2.32 bits per heavy atom. The van der Waals surface area contributed by atoms with Crippen LogP contribution in [-0.2, 0) is 20.8 Å². The lowest BCUT2D eigenvalue weighted by Gasteiger charge is -2.39. The van der Waals surface area contributed by atoms with Gasteiger partial charge in [-0.25, -0.2) is 8.42 Å². The Kier molecular flexibility index (Phi) is 5.55. The summed E-state index contributed by atoms with van der Waals surface area (Å²) < 4.78 is 73.0. The van der Waals surface area contributed by atoms with E-state index in [1.165, 1.54) is 13.8 Å². The number of sulfone groups is 1. The minimum absolute atomic E-state index is 0.202. The molecule has 1 saturated heterocycles. The number of rotatable bonds is 4. The fourth-order valence-electron chi connectivity index (χ4n) is 2.68. The summed E-state index contributed by atoms with van der Waals surface area (Å²) in [4.78, 5) is -0.976. The van der Waals surface area contributed by atoms with E-state index in [1.54, 1.807) is 0 Å². The normalized spacial score (nSPS) is 31.3. The van der Waals surface area contributed by atoms with E-state index in [2.05, 4.69) is 4.42 Å². The van der Waals surface area contributed by atoms with E-state index in [9.17, 15) is 36.9 Å². The Morgan fingerprint density at radius 2 is 1.76 bits per heavy atom. The van der Waals surface area contributed by atoms with Crippen molar-refractivity contribution in [3.05, 3.63) is 17.6 Å². The first kappa shape index (κ1) is 20.2. The van der Waals surface area contributed by atoms with Crippen molar-refractivity contribution in [2.45, 2.75) is 61.9 Å². The van der Waals surface area contributed by atoms with E-state index in [4.69, 9.17) is 4.74 Å². The number of furan rings is 1. The molecule has 1 aromatic heterocycles. The summed E-state index contributed by atoms with van der Waals surface area (Å²) in [5.41, 5.74) is 0. The summed E-state index contributed by atoms with van der Waals surface area (Å²) in [6, 6.07) is 0.789. The molecule has 25 heavy (non-hydrogen) atoms. The van der Waals surface area contributed by atoms with Gasteiger partial charge in [0.2, 0.25) is 5.76 Å². The van der Waals surface area contributed by atoms with Crippen LogP contribution >= 0.6 is 0 Å². The molecule has 2 heterocycles. The Balaban J connectivity index is 2.18. The molecular weight excluding hydrogens is 369 g/mol. The predicted molar refractivity (Wildman–Crippen MR) is 77.5 cm³/mol. The molecule has 2 unspecified atom stereocenters. The topological polar surface area (TPSA) is 117 Å². The zero-order chi connectivity index (χ0) is 19.2. The molecule has 0 aliphatic carbocycles. The number of hydrogen-bond acceptors (Lipinski definition) is 7. The van der Waals surface area contributed by atoms with Gasteiger partial charge in [-0.3, -0.25) is 0 Å². The predicted octanol–water partition coefficient (Wildman–Crippen LogP) is 0.641. The van der Waals surface area contributed by atoms with E-state index in [-0.39, 0.29) is 12.2 Å². The summed E-state index contributed by atoms with van der Waals surface area (Å²) in [5, 5.41) is 29.1. The second-order valence-corrected chi connectivity index (χ2v) is 8.08. The monoisotopic (exact) mass is 388 g/mol. The Bertz CT molecular complexity index is 712. The molecule has 1 aromatic rings. The van der Waals surface area contributed by atoms with Crippen LogP contribution in [0.2, 0.25) is 0 Å². The van der Waals surface area contributed by atoms with Crippen LogP contribution in [0.1, 0.15) is 24.9 Å². The number of aliphatic hydroxyl groups excluding tert-OH is 3. The maximum absolute atomic E-state index is 12.9. The molecule has 2 rings (SSSR count). The quantitative estimate of drug-likeness (QED) is 0.693. The summed E-state index contributed by atoms with van der Waals surface area (Å²) >= 11 is 0. The molecule has 0 saturated carbocycles. The third-order valence-electron chi connectivity index (χ3n) is 4.04. The maximum atomic E-state index is 12.9. The standard InChI is InChI=1S/C14H19F3O7S/c1-6-5-9(13(23-6)14(15,16)17)25(21,22)4-3-8-11(19)12(20)10(18)7(2)24-8/h5,7-8,10-12,18-20H,3-4H2,1-2H3/t7?,8-,10-,11?,12+/m1/s1. The summed E-state index contributed by atoms with van der Waals surface area (Å²) in [5.74, 6) is -2.56. The van der Waals surface area contributed by atoms with Gasteiger partial charge >= 0.3 is 6.18 Å². The van der Waals surface area contributed by atoms with Crippen LogP contribution in [0.15, 0.2) is 15.4 Å². The highest BCUT2D eigenvalue weighted by molar-refractivity contribution is 7.91. The molecule has 3 N–H and O–H groups in total. The van der Waals surface area contributed by atoms with Crippen molar-refractivity contribution in [2.75, 3.05) is 5.75 Å². The van der Waals surface area contributed by atoms with Crippen molar-refractivity contribution in [3.63, 3.8) is 0 Å². The second-order valence-electron chi connectivity index (χ2n) is 6.01. The lowest BCUT2D eigenvalue weighted by Crippen LogP contribution is -2.56. The lowest BCUT2D eigenvalue weighted by molar-refractivity contribution is -0.217. The van der Waals surface area contributed by atoms with Crippen molar-refractivity contribution >= 4 is 9.84 Å².